The molecule has 0 spiro atoms. The van der Waals surface area contributed by atoms with Crippen molar-refractivity contribution in [3.63, 3.8) is 0 Å². The van der Waals surface area contributed by atoms with Gasteiger partial charge in [0.15, 0.2) is 0 Å². The lowest BCUT2D eigenvalue weighted by atomic mass is 10.1. The van der Waals surface area contributed by atoms with E-state index in [-0.39, 0.29) is 5.75 Å². The third-order valence-electron chi connectivity index (χ3n) is 2.61. The van der Waals surface area contributed by atoms with E-state index in [1.165, 1.54) is 17.4 Å². The lowest BCUT2D eigenvalue weighted by Crippen LogP contribution is -2.10. The van der Waals surface area contributed by atoms with Gasteiger partial charge in [-0.15, -0.1) is 0 Å². The Labute approximate surface area is 97.8 Å². The van der Waals surface area contributed by atoms with Crippen LogP contribution in [0, 0.1) is 13.8 Å². The highest BCUT2D eigenvalue weighted by Gasteiger charge is 2.02. The van der Waals surface area contributed by atoms with Crippen molar-refractivity contribution in [1.82, 2.24) is 0 Å². The minimum Gasteiger partial charge on any atom is -0.385 e. The lowest BCUT2D eigenvalue weighted by molar-refractivity contribution is 0.600. The van der Waals surface area contributed by atoms with Gasteiger partial charge < -0.3 is 5.32 Å². The summed E-state index contributed by atoms with van der Waals surface area (Å²) in [4.78, 5) is 0. The highest BCUT2D eigenvalue weighted by molar-refractivity contribution is 7.90. The van der Waals surface area contributed by atoms with Crippen molar-refractivity contribution in [2.45, 2.75) is 20.3 Å². The highest BCUT2D eigenvalue weighted by atomic mass is 32.2. The van der Waals surface area contributed by atoms with Crippen LogP contribution >= 0.6 is 0 Å². The van der Waals surface area contributed by atoms with E-state index in [1.807, 2.05) is 12.1 Å². The van der Waals surface area contributed by atoms with Gasteiger partial charge in [0, 0.05) is 18.5 Å². The molecule has 0 saturated carbocycles. The first kappa shape index (κ1) is 13.0. The molecule has 0 aliphatic rings. The second-order valence-corrected chi connectivity index (χ2v) is 6.42. The molecule has 0 atom stereocenters. The van der Waals surface area contributed by atoms with Crippen molar-refractivity contribution in [2.24, 2.45) is 0 Å². The SMILES string of the molecule is Cc1cccc(NCCCS(C)(=O)=O)c1C. The zero-order chi connectivity index (χ0) is 12.2. The van der Waals surface area contributed by atoms with Gasteiger partial charge in [-0.05, 0) is 37.5 Å². The summed E-state index contributed by atoms with van der Waals surface area (Å²) in [5, 5.41) is 3.26. The van der Waals surface area contributed by atoms with E-state index in [2.05, 4.69) is 25.2 Å². The smallest absolute Gasteiger partial charge is 0.147 e. The predicted molar refractivity (Wildman–Crippen MR) is 68.7 cm³/mol. The molecule has 0 heterocycles. The van der Waals surface area contributed by atoms with Gasteiger partial charge in [-0.25, -0.2) is 8.42 Å². The minimum atomic E-state index is -2.84. The molecule has 1 N–H and O–H groups in total. The van der Waals surface area contributed by atoms with Gasteiger partial charge in [-0.3, -0.25) is 0 Å². The summed E-state index contributed by atoms with van der Waals surface area (Å²) >= 11 is 0. The van der Waals surface area contributed by atoms with Crippen LogP contribution in [0.15, 0.2) is 18.2 Å². The normalized spacial score (nSPS) is 11.4. The van der Waals surface area contributed by atoms with E-state index in [4.69, 9.17) is 0 Å². The summed E-state index contributed by atoms with van der Waals surface area (Å²) < 4.78 is 21.9. The van der Waals surface area contributed by atoms with E-state index in [0.717, 1.165) is 5.69 Å². The minimum absolute atomic E-state index is 0.241. The molecular weight excluding hydrogens is 222 g/mol. The fraction of sp³-hybridized carbons (Fsp3) is 0.500. The number of hydrogen-bond donors (Lipinski definition) is 1. The van der Waals surface area contributed by atoms with Crippen LogP contribution in [0.3, 0.4) is 0 Å². The van der Waals surface area contributed by atoms with Gasteiger partial charge in [0.25, 0.3) is 0 Å². The molecular formula is C12H19NO2S. The summed E-state index contributed by atoms with van der Waals surface area (Å²) in [5.74, 6) is 0.241. The van der Waals surface area contributed by atoms with Crippen molar-refractivity contribution in [3.8, 4) is 0 Å². The Bertz CT molecular complexity index is 452. The Kier molecular flexibility index (Phi) is 4.35. The molecule has 0 fully saturated rings. The van der Waals surface area contributed by atoms with E-state index in [1.54, 1.807) is 0 Å². The molecule has 0 amide bonds. The van der Waals surface area contributed by atoms with Crippen LogP contribution in [0.5, 0.6) is 0 Å². The van der Waals surface area contributed by atoms with Crippen LogP contribution in [0.1, 0.15) is 17.5 Å². The monoisotopic (exact) mass is 241 g/mol. The van der Waals surface area contributed by atoms with Crippen molar-refractivity contribution < 1.29 is 8.42 Å². The molecule has 1 aromatic carbocycles. The van der Waals surface area contributed by atoms with Crippen molar-refractivity contribution in [3.05, 3.63) is 29.3 Å². The third-order valence-corrected chi connectivity index (χ3v) is 3.64. The average Bonchev–Trinajstić information content (AvgIpc) is 2.17. The molecule has 0 aromatic heterocycles. The number of nitrogens with one attached hydrogen (secondary N) is 1. The first-order valence-corrected chi connectivity index (χ1v) is 7.44. The van der Waals surface area contributed by atoms with E-state index in [9.17, 15) is 8.42 Å². The number of benzene rings is 1. The maximum atomic E-state index is 10.9. The molecule has 0 bridgehead atoms. The quantitative estimate of drug-likeness (QED) is 0.803. The van der Waals surface area contributed by atoms with E-state index >= 15 is 0 Å². The van der Waals surface area contributed by atoms with Crippen molar-refractivity contribution in [1.29, 1.82) is 0 Å². The maximum Gasteiger partial charge on any atom is 0.147 e. The van der Waals surface area contributed by atoms with Gasteiger partial charge in [0.1, 0.15) is 9.84 Å². The largest absolute Gasteiger partial charge is 0.385 e. The first-order chi connectivity index (χ1) is 7.40. The number of aryl methyl sites for hydroxylation is 1. The Morgan fingerprint density at radius 3 is 2.56 bits per heavy atom. The molecule has 0 aliphatic heterocycles. The molecule has 1 rings (SSSR count). The van der Waals surface area contributed by atoms with Crippen molar-refractivity contribution >= 4 is 15.5 Å². The number of hydrogen-bond acceptors (Lipinski definition) is 3. The van der Waals surface area contributed by atoms with Crippen LogP contribution < -0.4 is 5.32 Å². The molecule has 1 aromatic rings. The molecule has 90 valence electrons. The summed E-state index contributed by atoms with van der Waals surface area (Å²) in [6, 6.07) is 6.08. The fourth-order valence-electron chi connectivity index (χ4n) is 1.50. The van der Waals surface area contributed by atoms with E-state index in [0.29, 0.717) is 13.0 Å². The van der Waals surface area contributed by atoms with E-state index < -0.39 is 9.84 Å². The third kappa shape index (κ3) is 4.23. The number of sulfone groups is 1. The average molecular weight is 241 g/mol. The molecule has 16 heavy (non-hydrogen) atoms. The zero-order valence-electron chi connectivity index (χ0n) is 10.1. The zero-order valence-corrected chi connectivity index (χ0v) is 10.9. The molecule has 4 heteroatoms. The standard InChI is InChI=1S/C12H19NO2S/c1-10-6-4-7-12(11(10)2)13-8-5-9-16(3,14)15/h4,6-7,13H,5,8-9H2,1-3H3. The van der Waals surface area contributed by atoms with Crippen LogP contribution in [0.2, 0.25) is 0 Å². The van der Waals surface area contributed by atoms with Gasteiger partial charge >= 0.3 is 0 Å². The highest BCUT2D eigenvalue weighted by Crippen LogP contribution is 2.17. The Morgan fingerprint density at radius 1 is 1.25 bits per heavy atom. The summed E-state index contributed by atoms with van der Waals surface area (Å²) in [6.07, 6.45) is 1.91. The fourth-order valence-corrected chi connectivity index (χ4v) is 2.17. The second-order valence-electron chi connectivity index (χ2n) is 4.16. The van der Waals surface area contributed by atoms with Gasteiger partial charge in [0.2, 0.25) is 0 Å². The molecule has 0 unspecified atom stereocenters. The van der Waals surface area contributed by atoms with Crippen molar-refractivity contribution in [2.75, 3.05) is 23.9 Å². The van der Waals surface area contributed by atoms with Crippen LogP contribution in [-0.2, 0) is 9.84 Å². The van der Waals surface area contributed by atoms with Crippen LogP contribution in [0.25, 0.3) is 0 Å². The second kappa shape index (κ2) is 5.34. The number of anilines is 1. The Balaban J connectivity index is 2.47. The molecule has 0 saturated heterocycles. The topological polar surface area (TPSA) is 46.2 Å². The van der Waals surface area contributed by atoms with Crippen LogP contribution in [-0.4, -0.2) is 27.0 Å². The Hall–Kier alpha value is -1.03. The van der Waals surface area contributed by atoms with Gasteiger partial charge in [0.05, 0.1) is 5.75 Å². The summed E-state index contributed by atoms with van der Waals surface area (Å²) in [5.41, 5.74) is 3.56. The predicted octanol–water partition coefficient (Wildman–Crippen LogP) is 2.15. The van der Waals surface area contributed by atoms with Gasteiger partial charge in [-0.1, -0.05) is 12.1 Å². The molecule has 3 nitrogen and oxygen atoms in total. The molecule has 0 aliphatic carbocycles. The number of rotatable bonds is 5. The Morgan fingerprint density at radius 2 is 1.94 bits per heavy atom. The lowest BCUT2D eigenvalue weighted by Gasteiger charge is -2.10. The van der Waals surface area contributed by atoms with Crippen LogP contribution in [0.4, 0.5) is 5.69 Å². The summed E-state index contributed by atoms with van der Waals surface area (Å²) in [7, 11) is -2.84. The summed E-state index contributed by atoms with van der Waals surface area (Å²) in [6.45, 7) is 4.82. The first-order valence-electron chi connectivity index (χ1n) is 5.38. The maximum absolute atomic E-state index is 10.9. The van der Waals surface area contributed by atoms with Gasteiger partial charge in [-0.2, -0.15) is 0 Å². The molecule has 0 radical (unpaired) electrons.